The first-order chi connectivity index (χ1) is 15.5. The van der Waals surface area contributed by atoms with Crippen LogP contribution in [0.3, 0.4) is 0 Å². The van der Waals surface area contributed by atoms with Crippen LogP contribution < -0.4 is 15.4 Å². The van der Waals surface area contributed by atoms with Crippen LogP contribution in [0.4, 0.5) is 10.5 Å². The minimum Gasteiger partial charge on any atom is -0.444 e. The molecule has 0 aliphatic rings. The average molecular weight is 473 g/mol. The summed E-state index contributed by atoms with van der Waals surface area (Å²) in [6, 6.07) is 13.5. The molecule has 0 spiro atoms. The number of sulfonamides is 1. The number of carbonyl (C=O) groups excluding carboxylic acids is 2. The van der Waals surface area contributed by atoms with Crippen molar-refractivity contribution in [3.8, 4) is 0 Å². The topological polar surface area (TPSA) is 119 Å². The second kappa shape index (κ2) is 9.63. The Morgan fingerprint density at radius 1 is 1.03 bits per heavy atom. The number of aryl methyl sites for hydroxylation is 1. The summed E-state index contributed by atoms with van der Waals surface area (Å²) in [5.41, 5.74) is 1.12. The predicted molar refractivity (Wildman–Crippen MR) is 127 cm³/mol. The Balaban J connectivity index is 1.63. The van der Waals surface area contributed by atoms with Crippen LogP contribution in [0.1, 0.15) is 31.1 Å². The highest BCUT2D eigenvalue weighted by Crippen LogP contribution is 2.22. The summed E-state index contributed by atoms with van der Waals surface area (Å²) in [6.07, 6.45) is 1.11. The van der Waals surface area contributed by atoms with Gasteiger partial charge in [-0.1, -0.05) is 24.3 Å². The van der Waals surface area contributed by atoms with Gasteiger partial charge in [-0.3, -0.25) is 4.79 Å². The van der Waals surface area contributed by atoms with Crippen LogP contribution >= 0.6 is 0 Å². The quantitative estimate of drug-likeness (QED) is 0.456. The molecule has 2 amide bonds. The molecule has 0 aliphatic carbocycles. The molecule has 0 bridgehead atoms. The number of hydrogen-bond acceptors (Lipinski definition) is 5. The van der Waals surface area contributed by atoms with Gasteiger partial charge in [0.05, 0.1) is 10.5 Å². The molecule has 0 saturated heterocycles. The number of para-hydroxylation sites is 1. The van der Waals surface area contributed by atoms with Crippen molar-refractivity contribution in [1.29, 1.82) is 0 Å². The van der Waals surface area contributed by atoms with Gasteiger partial charge in [0.2, 0.25) is 10.0 Å². The average Bonchev–Trinajstić information content (AvgIpc) is 3.07. The van der Waals surface area contributed by atoms with Crippen molar-refractivity contribution in [2.45, 2.75) is 31.3 Å². The largest absolute Gasteiger partial charge is 0.444 e. The van der Waals surface area contributed by atoms with Crippen molar-refractivity contribution >= 4 is 38.6 Å². The van der Waals surface area contributed by atoms with Gasteiger partial charge in [0, 0.05) is 42.9 Å². The maximum Gasteiger partial charge on any atom is 0.407 e. The first-order valence-electron chi connectivity index (χ1n) is 10.4. The number of alkyl carbamates (subject to hydrolysis) is 1. The minimum absolute atomic E-state index is 0.00418. The summed E-state index contributed by atoms with van der Waals surface area (Å²) in [4.78, 5) is 24.5. The Morgan fingerprint density at radius 2 is 1.76 bits per heavy atom. The molecule has 3 rings (SSSR count). The predicted octanol–water partition coefficient (Wildman–Crippen LogP) is 3.23. The van der Waals surface area contributed by atoms with Crippen molar-refractivity contribution in [3.05, 3.63) is 60.3 Å². The molecule has 10 heteroatoms. The molecular formula is C23H28N4O5S. The summed E-state index contributed by atoms with van der Waals surface area (Å²) in [6.45, 7) is 5.25. The third-order valence-electron chi connectivity index (χ3n) is 4.63. The van der Waals surface area contributed by atoms with E-state index in [2.05, 4.69) is 15.4 Å². The van der Waals surface area contributed by atoms with Crippen LogP contribution in [0.25, 0.3) is 10.9 Å². The monoisotopic (exact) mass is 472 g/mol. The number of anilines is 1. The molecule has 2 aromatic carbocycles. The summed E-state index contributed by atoms with van der Waals surface area (Å²) in [5.74, 6) is -0.337. The molecule has 9 nitrogen and oxygen atoms in total. The maximum atomic E-state index is 12.8. The normalized spacial score (nSPS) is 11.9. The van der Waals surface area contributed by atoms with E-state index in [4.69, 9.17) is 4.74 Å². The Kier molecular flexibility index (Phi) is 7.09. The second-order valence-corrected chi connectivity index (χ2v) is 10.2. The lowest BCUT2D eigenvalue weighted by Crippen LogP contribution is -2.37. The van der Waals surface area contributed by atoms with Crippen molar-refractivity contribution in [2.75, 3.05) is 18.4 Å². The molecule has 33 heavy (non-hydrogen) atoms. The van der Waals surface area contributed by atoms with Gasteiger partial charge in [0.15, 0.2) is 0 Å². The number of aromatic nitrogens is 1. The maximum absolute atomic E-state index is 12.8. The molecule has 0 unspecified atom stereocenters. The number of fused-ring (bicyclic) bond motifs is 1. The van der Waals surface area contributed by atoms with Gasteiger partial charge in [-0.2, -0.15) is 0 Å². The number of hydrogen-bond donors (Lipinski definition) is 3. The van der Waals surface area contributed by atoms with Crippen LogP contribution in [0.5, 0.6) is 0 Å². The highest BCUT2D eigenvalue weighted by atomic mass is 32.2. The zero-order valence-electron chi connectivity index (χ0n) is 19.0. The second-order valence-electron chi connectivity index (χ2n) is 8.48. The zero-order valence-corrected chi connectivity index (χ0v) is 19.8. The van der Waals surface area contributed by atoms with Crippen molar-refractivity contribution in [3.63, 3.8) is 0 Å². The van der Waals surface area contributed by atoms with E-state index in [1.54, 1.807) is 39.1 Å². The molecule has 1 aromatic heterocycles. The van der Waals surface area contributed by atoms with E-state index in [1.807, 2.05) is 35.9 Å². The fraction of sp³-hybridized carbons (Fsp3) is 0.304. The lowest BCUT2D eigenvalue weighted by molar-refractivity contribution is 0.0528. The van der Waals surface area contributed by atoms with E-state index in [9.17, 15) is 18.0 Å². The minimum atomic E-state index is -3.84. The standard InChI is InChI=1S/C23H28N4O5S/c1-23(2,3)32-22(29)24-12-13-25-33(30,31)17-9-7-8-16(14-17)26-21(28)19-15-27(4)20-11-6-5-10-18(19)20/h5-11,14-15,25H,12-13H2,1-4H3,(H,24,29)(H,26,28). The number of benzene rings is 2. The third-order valence-corrected chi connectivity index (χ3v) is 6.09. The van der Waals surface area contributed by atoms with Crippen molar-refractivity contribution < 1.29 is 22.7 Å². The molecule has 0 saturated carbocycles. The van der Waals surface area contributed by atoms with E-state index in [0.29, 0.717) is 11.3 Å². The lowest BCUT2D eigenvalue weighted by Gasteiger charge is -2.19. The molecular weight excluding hydrogens is 444 g/mol. The Bertz CT molecular complexity index is 1280. The molecule has 1 heterocycles. The number of amides is 2. The fourth-order valence-corrected chi connectivity index (χ4v) is 4.29. The van der Waals surface area contributed by atoms with Gasteiger partial charge in [-0.15, -0.1) is 0 Å². The zero-order chi connectivity index (χ0) is 24.2. The lowest BCUT2D eigenvalue weighted by atomic mass is 10.1. The first-order valence-corrected chi connectivity index (χ1v) is 11.9. The smallest absolute Gasteiger partial charge is 0.407 e. The summed E-state index contributed by atoms with van der Waals surface area (Å²) in [7, 11) is -1.99. The van der Waals surface area contributed by atoms with Gasteiger partial charge < -0.3 is 19.9 Å². The first kappa shape index (κ1) is 24.3. The molecule has 3 N–H and O–H groups in total. The molecule has 0 radical (unpaired) electrons. The van der Waals surface area contributed by atoms with E-state index in [1.165, 1.54) is 12.1 Å². The van der Waals surface area contributed by atoms with Crippen LogP contribution in [0.15, 0.2) is 59.6 Å². The van der Waals surface area contributed by atoms with Crippen LogP contribution in [-0.2, 0) is 21.8 Å². The summed E-state index contributed by atoms with van der Waals surface area (Å²) in [5, 5.41) is 6.06. The number of carbonyl (C=O) groups is 2. The van der Waals surface area contributed by atoms with Crippen LogP contribution in [-0.4, -0.2) is 43.7 Å². The molecule has 3 aromatic rings. The number of ether oxygens (including phenoxy) is 1. The highest BCUT2D eigenvalue weighted by molar-refractivity contribution is 7.89. The SMILES string of the molecule is Cn1cc(C(=O)Nc2cccc(S(=O)(=O)NCCNC(=O)OC(C)(C)C)c2)c2ccccc21. The summed E-state index contributed by atoms with van der Waals surface area (Å²) >= 11 is 0. The van der Waals surface area contributed by atoms with E-state index in [0.717, 1.165) is 10.9 Å². The molecule has 176 valence electrons. The Hall–Kier alpha value is -3.37. The van der Waals surface area contributed by atoms with Gasteiger partial charge in [0.25, 0.3) is 5.91 Å². The summed E-state index contributed by atoms with van der Waals surface area (Å²) < 4.78 is 34.6. The van der Waals surface area contributed by atoms with E-state index in [-0.39, 0.29) is 23.9 Å². The number of nitrogens with zero attached hydrogens (tertiary/aromatic N) is 1. The van der Waals surface area contributed by atoms with Crippen molar-refractivity contribution in [1.82, 2.24) is 14.6 Å². The molecule has 0 atom stereocenters. The Morgan fingerprint density at radius 3 is 2.48 bits per heavy atom. The van der Waals surface area contributed by atoms with Crippen molar-refractivity contribution in [2.24, 2.45) is 7.05 Å². The Labute approximate surface area is 193 Å². The highest BCUT2D eigenvalue weighted by Gasteiger charge is 2.18. The van der Waals surface area contributed by atoms with E-state index >= 15 is 0 Å². The van der Waals surface area contributed by atoms with Crippen LogP contribution in [0, 0.1) is 0 Å². The van der Waals surface area contributed by atoms with Gasteiger partial charge in [-0.25, -0.2) is 17.9 Å². The van der Waals surface area contributed by atoms with Crippen LogP contribution in [0.2, 0.25) is 0 Å². The number of nitrogens with one attached hydrogen (secondary N) is 3. The molecule has 0 aliphatic heterocycles. The fourth-order valence-electron chi connectivity index (χ4n) is 3.21. The van der Waals surface area contributed by atoms with E-state index < -0.39 is 21.7 Å². The van der Waals surface area contributed by atoms with Gasteiger partial charge in [-0.05, 0) is 45.0 Å². The van der Waals surface area contributed by atoms with Gasteiger partial charge >= 0.3 is 6.09 Å². The van der Waals surface area contributed by atoms with Gasteiger partial charge in [0.1, 0.15) is 5.60 Å². The molecule has 0 fully saturated rings. The number of rotatable bonds is 7. The third kappa shape index (κ3) is 6.33.